The molecule has 0 spiro atoms. The molecule has 170 valence electrons. The molecule has 0 aliphatic heterocycles. The molecule has 4 aromatic rings. The second-order valence-corrected chi connectivity index (χ2v) is 8.67. The highest BCUT2D eigenvalue weighted by Gasteiger charge is 2.26. The number of hydrogen-bond donors (Lipinski definition) is 1. The monoisotopic (exact) mass is 460 g/mol. The topological polar surface area (TPSA) is 69.0 Å². The van der Waals surface area contributed by atoms with Crippen molar-refractivity contribution in [1.82, 2.24) is 14.5 Å². The number of ether oxygens (including phenoxy) is 1. The molecule has 6 nitrogen and oxygen atoms in total. The molecule has 1 amide bonds. The van der Waals surface area contributed by atoms with Crippen LogP contribution in [-0.4, -0.2) is 27.0 Å². The van der Waals surface area contributed by atoms with Crippen LogP contribution < -0.4 is 10.1 Å². The van der Waals surface area contributed by atoms with Gasteiger partial charge in [-0.25, -0.2) is 9.97 Å². The quantitative estimate of drug-likeness (QED) is 0.309. The Bertz CT molecular complexity index is 1240. The van der Waals surface area contributed by atoms with E-state index in [2.05, 4.69) is 41.5 Å². The maximum absolute atomic E-state index is 13.5. The number of carbonyl (C=O) groups is 1. The van der Waals surface area contributed by atoms with Gasteiger partial charge in [0.1, 0.15) is 17.3 Å². The van der Waals surface area contributed by atoms with Crippen LogP contribution in [-0.2, 0) is 10.5 Å². The van der Waals surface area contributed by atoms with Gasteiger partial charge in [-0.3, -0.25) is 9.36 Å². The third-order valence-corrected chi connectivity index (χ3v) is 6.37. The first-order valence-corrected chi connectivity index (χ1v) is 12.1. The second-order valence-electron chi connectivity index (χ2n) is 7.73. The van der Waals surface area contributed by atoms with Crippen molar-refractivity contribution in [3.8, 4) is 5.75 Å². The molecule has 2 aromatic carbocycles. The van der Waals surface area contributed by atoms with Crippen LogP contribution in [0, 0.1) is 6.92 Å². The SMILES string of the molecule is CCOc1ccccc1NC(=O)[C@@H](CC)n1c(SCc2ccc(C)cc2)nc2cccnc21. The lowest BCUT2D eigenvalue weighted by Crippen LogP contribution is -2.26. The zero-order valence-electron chi connectivity index (χ0n) is 19.1. The first-order chi connectivity index (χ1) is 16.1. The van der Waals surface area contributed by atoms with Crippen LogP contribution in [0.3, 0.4) is 0 Å². The van der Waals surface area contributed by atoms with Crippen molar-refractivity contribution in [1.29, 1.82) is 0 Å². The van der Waals surface area contributed by atoms with Gasteiger partial charge in [0.15, 0.2) is 10.8 Å². The maximum atomic E-state index is 13.5. The van der Waals surface area contributed by atoms with Gasteiger partial charge in [-0.15, -0.1) is 0 Å². The summed E-state index contributed by atoms with van der Waals surface area (Å²) < 4.78 is 7.65. The van der Waals surface area contributed by atoms with Crippen molar-refractivity contribution in [2.24, 2.45) is 0 Å². The van der Waals surface area contributed by atoms with Crippen molar-refractivity contribution >= 4 is 34.5 Å². The number of imidazole rings is 1. The molecule has 0 fully saturated rings. The minimum absolute atomic E-state index is 0.119. The lowest BCUT2D eigenvalue weighted by atomic mass is 10.2. The molecule has 0 bridgehead atoms. The molecule has 1 atom stereocenters. The Morgan fingerprint density at radius 2 is 1.88 bits per heavy atom. The van der Waals surface area contributed by atoms with Crippen LogP contribution in [0.25, 0.3) is 11.2 Å². The van der Waals surface area contributed by atoms with Gasteiger partial charge in [0, 0.05) is 11.9 Å². The van der Waals surface area contributed by atoms with Crippen LogP contribution in [0.15, 0.2) is 72.0 Å². The largest absolute Gasteiger partial charge is 0.492 e. The molecule has 4 rings (SSSR count). The highest BCUT2D eigenvalue weighted by atomic mass is 32.2. The Hall–Kier alpha value is -3.32. The van der Waals surface area contributed by atoms with E-state index in [1.54, 1.807) is 18.0 Å². The van der Waals surface area contributed by atoms with E-state index in [9.17, 15) is 4.79 Å². The van der Waals surface area contributed by atoms with Gasteiger partial charge < -0.3 is 10.1 Å². The van der Waals surface area contributed by atoms with Crippen LogP contribution in [0.1, 0.15) is 37.4 Å². The highest BCUT2D eigenvalue weighted by Crippen LogP contribution is 2.32. The van der Waals surface area contributed by atoms with E-state index in [-0.39, 0.29) is 5.91 Å². The number of para-hydroxylation sites is 2. The highest BCUT2D eigenvalue weighted by molar-refractivity contribution is 7.98. The van der Waals surface area contributed by atoms with Crippen LogP contribution in [0.4, 0.5) is 5.69 Å². The number of aromatic nitrogens is 3. The number of nitrogens with one attached hydrogen (secondary N) is 1. The molecule has 0 saturated carbocycles. The van der Waals surface area contributed by atoms with Crippen LogP contribution >= 0.6 is 11.8 Å². The lowest BCUT2D eigenvalue weighted by molar-refractivity contribution is -0.119. The molecule has 0 aliphatic carbocycles. The lowest BCUT2D eigenvalue weighted by Gasteiger charge is -2.20. The Morgan fingerprint density at radius 1 is 1.09 bits per heavy atom. The zero-order valence-corrected chi connectivity index (χ0v) is 19.9. The average Bonchev–Trinajstić information content (AvgIpc) is 3.19. The number of rotatable bonds is 9. The van der Waals surface area contributed by atoms with Gasteiger partial charge in [-0.2, -0.15) is 0 Å². The number of hydrogen-bond acceptors (Lipinski definition) is 5. The smallest absolute Gasteiger partial charge is 0.247 e. The van der Waals surface area contributed by atoms with E-state index >= 15 is 0 Å². The third-order valence-electron chi connectivity index (χ3n) is 5.35. The molecular formula is C26H28N4O2S. The average molecular weight is 461 g/mol. The number of carbonyl (C=O) groups excluding carboxylic acids is 1. The summed E-state index contributed by atoms with van der Waals surface area (Å²) in [6, 6.07) is 19.3. The summed E-state index contributed by atoms with van der Waals surface area (Å²) >= 11 is 1.62. The van der Waals surface area contributed by atoms with Crippen LogP contribution in [0.5, 0.6) is 5.75 Å². The standard InChI is InChI=1S/C26H28N4O2S/c1-4-22(25(31)28-20-9-6-7-11-23(20)32-5-2)30-24-21(10-8-16-27-24)29-26(30)33-17-19-14-12-18(3)13-15-19/h6-16,22H,4-5,17H2,1-3H3,(H,28,31)/t22-/m1/s1. The summed E-state index contributed by atoms with van der Waals surface area (Å²) in [5, 5.41) is 3.84. The molecule has 7 heteroatoms. The normalized spacial score (nSPS) is 12.0. The van der Waals surface area contributed by atoms with Crippen molar-refractivity contribution in [2.75, 3.05) is 11.9 Å². The maximum Gasteiger partial charge on any atom is 0.247 e. The van der Waals surface area contributed by atoms with Crippen molar-refractivity contribution in [3.63, 3.8) is 0 Å². The number of aryl methyl sites for hydroxylation is 1. The van der Waals surface area contributed by atoms with Crippen molar-refractivity contribution in [2.45, 2.75) is 44.1 Å². The zero-order chi connectivity index (χ0) is 23.2. The van der Waals surface area contributed by atoms with Gasteiger partial charge in [0.25, 0.3) is 0 Å². The van der Waals surface area contributed by atoms with E-state index in [1.165, 1.54) is 11.1 Å². The predicted octanol–water partition coefficient (Wildman–Crippen LogP) is 6.02. The van der Waals surface area contributed by atoms with Gasteiger partial charge in [-0.05, 0) is 50.1 Å². The molecule has 0 aliphatic rings. The number of nitrogens with zero attached hydrogens (tertiary/aromatic N) is 3. The van der Waals surface area contributed by atoms with Gasteiger partial charge in [-0.1, -0.05) is 60.6 Å². The molecule has 0 unspecified atom stereocenters. The summed E-state index contributed by atoms with van der Waals surface area (Å²) in [5.41, 5.74) is 4.60. The molecular weight excluding hydrogens is 432 g/mol. The summed E-state index contributed by atoms with van der Waals surface area (Å²) in [6.45, 7) is 6.53. The Labute approximate surface area is 198 Å². The molecule has 0 saturated heterocycles. The predicted molar refractivity (Wildman–Crippen MR) is 134 cm³/mol. The Balaban J connectivity index is 1.65. The molecule has 1 N–H and O–H groups in total. The van der Waals surface area contributed by atoms with Crippen molar-refractivity contribution in [3.05, 3.63) is 78.0 Å². The molecule has 2 heterocycles. The van der Waals surface area contributed by atoms with E-state index in [0.717, 1.165) is 16.4 Å². The molecule has 0 radical (unpaired) electrons. The minimum atomic E-state index is -0.458. The Kier molecular flexibility index (Phi) is 7.29. The number of fused-ring (bicyclic) bond motifs is 1. The third kappa shape index (κ3) is 5.20. The van der Waals surface area contributed by atoms with Crippen LogP contribution in [0.2, 0.25) is 0 Å². The summed E-state index contributed by atoms with van der Waals surface area (Å²) in [7, 11) is 0. The Morgan fingerprint density at radius 3 is 2.64 bits per heavy atom. The fourth-order valence-corrected chi connectivity index (χ4v) is 4.68. The summed E-state index contributed by atoms with van der Waals surface area (Å²) in [6.07, 6.45) is 2.34. The number of pyridine rings is 1. The van der Waals surface area contributed by atoms with Gasteiger partial charge in [0.2, 0.25) is 5.91 Å². The first kappa shape index (κ1) is 22.9. The molecule has 33 heavy (non-hydrogen) atoms. The van der Waals surface area contributed by atoms with Crippen molar-refractivity contribution < 1.29 is 9.53 Å². The van der Waals surface area contributed by atoms with E-state index in [4.69, 9.17) is 9.72 Å². The number of benzene rings is 2. The summed E-state index contributed by atoms with van der Waals surface area (Å²) in [5.74, 6) is 1.30. The fraction of sp³-hybridized carbons (Fsp3) is 0.269. The van der Waals surface area contributed by atoms with E-state index < -0.39 is 6.04 Å². The number of thioether (sulfide) groups is 1. The van der Waals surface area contributed by atoms with Gasteiger partial charge >= 0.3 is 0 Å². The minimum Gasteiger partial charge on any atom is -0.492 e. The number of anilines is 1. The fourth-order valence-electron chi connectivity index (χ4n) is 3.68. The summed E-state index contributed by atoms with van der Waals surface area (Å²) in [4.78, 5) is 22.8. The van der Waals surface area contributed by atoms with E-state index in [0.29, 0.717) is 30.1 Å². The van der Waals surface area contributed by atoms with E-state index in [1.807, 2.05) is 54.8 Å². The number of amides is 1. The molecule has 2 aromatic heterocycles. The second kappa shape index (κ2) is 10.5. The van der Waals surface area contributed by atoms with Gasteiger partial charge in [0.05, 0.1) is 12.3 Å². The first-order valence-electron chi connectivity index (χ1n) is 11.1.